The molecule has 7 heteroatoms. The van der Waals surface area contributed by atoms with Gasteiger partial charge in [-0.3, -0.25) is 9.69 Å². The molecule has 1 saturated heterocycles. The number of nitrogens with one attached hydrogen (secondary N) is 1. The standard InChI is InChI=1S/C18H25N3O3S/c1-3-4-17(22)21(8-7-20-9-11-24-12-10-20)18-19-15-13-14(23-2)5-6-16(15)25-18/h5-6,13H,3-4,7-12H2,1-2H3/p+1. The Morgan fingerprint density at radius 2 is 2.20 bits per heavy atom. The van der Waals surface area contributed by atoms with Crippen LogP contribution in [0.1, 0.15) is 19.8 Å². The molecule has 0 unspecified atom stereocenters. The molecule has 1 aromatic heterocycles. The zero-order chi connectivity index (χ0) is 17.6. The first-order valence-corrected chi connectivity index (χ1v) is 9.69. The molecule has 25 heavy (non-hydrogen) atoms. The predicted octanol–water partition coefficient (Wildman–Crippen LogP) is 1.35. The number of aromatic nitrogens is 1. The van der Waals surface area contributed by atoms with Crippen molar-refractivity contribution in [1.82, 2.24) is 4.98 Å². The van der Waals surface area contributed by atoms with E-state index in [0.717, 1.165) is 60.4 Å². The Kier molecular flexibility index (Phi) is 6.23. The highest BCUT2D eigenvalue weighted by Gasteiger charge is 2.22. The van der Waals surface area contributed by atoms with Gasteiger partial charge in [0.2, 0.25) is 5.91 Å². The Morgan fingerprint density at radius 3 is 2.92 bits per heavy atom. The van der Waals surface area contributed by atoms with E-state index in [4.69, 9.17) is 14.5 Å². The Hall–Kier alpha value is -1.70. The van der Waals surface area contributed by atoms with E-state index in [2.05, 4.69) is 0 Å². The summed E-state index contributed by atoms with van der Waals surface area (Å²) in [5.41, 5.74) is 0.882. The smallest absolute Gasteiger partial charge is 0.228 e. The average molecular weight is 364 g/mol. The van der Waals surface area contributed by atoms with Gasteiger partial charge < -0.3 is 14.4 Å². The topological polar surface area (TPSA) is 56.1 Å². The molecule has 0 atom stereocenters. The highest BCUT2D eigenvalue weighted by Crippen LogP contribution is 2.31. The highest BCUT2D eigenvalue weighted by molar-refractivity contribution is 7.22. The number of methoxy groups -OCH3 is 1. The SMILES string of the molecule is CCCC(=O)N(CC[NH+]1CCOCC1)c1nc2cc(OC)ccc2s1. The molecule has 136 valence electrons. The normalized spacial score (nSPS) is 15.4. The second-order valence-electron chi connectivity index (χ2n) is 6.24. The maximum absolute atomic E-state index is 12.7. The van der Waals surface area contributed by atoms with Gasteiger partial charge in [-0.1, -0.05) is 18.3 Å². The molecule has 6 nitrogen and oxygen atoms in total. The van der Waals surface area contributed by atoms with Gasteiger partial charge in [0, 0.05) is 12.5 Å². The van der Waals surface area contributed by atoms with Crippen molar-refractivity contribution in [3.05, 3.63) is 18.2 Å². The van der Waals surface area contributed by atoms with Crippen molar-refractivity contribution in [3.8, 4) is 5.75 Å². The molecule has 1 aromatic carbocycles. The molecule has 3 rings (SSSR count). The molecule has 1 aliphatic heterocycles. The fourth-order valence-corrected chi connectivity index (χ4v) is 3.98. The van der Waals surface area contributed by atoms with Gasteiger partial charge in [-0.15, -0.1) is 0 Å². The van der Waals surface area contributed by atoms with Gasteiger partial charge >= 0.3 is 0 Å². The van der Waals surface area contributed by atoms with E-state index in [-0.39, 0.29) is 5.91 Å². The van der Waals surface area contributed by atoms with E-state index in [1.165, 1.54) is 4.90 Å². The molecule has 1 amide bonds. The monoisotopic (exact) mass is 364 g/mol. The van der Waals surface area contributed by atoms with Crippen molar-refractivity contribution in [2.24, 2.45) is 0 Å². The lowest BCUT2D eigenvalue weighted by Crippen LogP contribution is -3.14. The number of quaternary nitrogens is 1. The van der Waals surface area contributed by atoms with Crippen molar-refractivity contribution in [2.45, 2.75) is 19.8 Å². The molecule has 2 heterocycles. The number of fused-ring (bicyclic) bond motifs is 1. The van der Waals surface area contributed by atoms with Crippen LogP contribution in [0.4, 0.5) is 5.13 Å². The highest BCUT2D eigenvalue weighted by atomic mass is 32.1. The van der Waals surface area contributed by atoms with Gasteiger partial charge in [0.15, 0.2) is 5.13 Å². The van der Waals surface area contributed by atoms with Crippen LogP contribution in [0.5, 0.6) is 5.75 Å². The maximum atomic E-state index is 12.7. The first-order chi connectivity index (χ1) is 12.2. The van der Waals surface area contributed by atoms with Crippen LogP contribution in [0.25, 0.3) is 10.2 Å². The molecule has 0 saturated carbocycles. The molecule has 1 N–H and O–H groups in total. The molecular weight excluding hydrogens is 338 g/mol. The van der Waals surface area contributed by atoms with Crippen LogP contribution in [0.15, 0.2) is 18.2 Å². The quantitative estimate of drug-likeness (QED) is 0.806. The van der Waals surface area contributed by atoms with Crippen molar-refractivity contribution >= 4 is 32.6 Å². The van der Waals surface area contributed by atoms with Gasteiger partial charge in [-0.05, 0) is 18.6 Å². The molecule has 0 bridgehead atoms. The number of carbonyl (C=O) groups is 1. The summed E-state index contributed by atoms with van der Waals surface area (Å²) in [6.07, 6.45) is 1.40. The lowest BCUT2D eigenvalue weighted by molar-refractivity contribution is -0.906. The van der Waals surface area contributed by atoms with E-state index >= 15 is 0 Å². The first kappa shape index (κ1) is 18.1. The number of benzene rings is 1. The van der Waals surface area contributed by atoms with Gasteiger partial charge in [0.1, 0.15) is 18.8 Å². The lowest BCUT2D eigenvalue weighted by Gasteiger charge is -2.26. The minimum atomic E-state index is 0.154. The number of nitrogens with zero attached hydrogens (tertiary/aromatic N) is 2. The van der Waals surface area contributed by atoms with Crippen LogP contribution < -0.4 is 14.5 Å². The van der Waals surface area contributed by atoms with E-state index in [1.54, 1.807) is 18.4 Å². The molecule has 1 aliphatic rings. The van der Waals surface area contributed by atoms with Crippen LogP contribution >= 0.6 is 11.3 Å². The van der Waals surface area contributed by atoms with Gasteiger partial charge in [0.25, 0.3) is 0 Å². The van der Waals surface area contributed by atoms with E-state index in [0.29, 0.717) is 13.0 Å². The number of carbonyl (C=O) groups excluding carboxylic acids is 1. The predicted molar refractivity (Wildman–Crippen MR) is 99.8 cm³/mol. The van der Waals surface area contributed by atoms with Crippen LogP contribution in [0.3, 0.4) is 0 Å². The number of rotatable bonds is 7. The molecule has 0 spiro atoms. The van der Waals surface area contributed by atoms with Crippen LogP contribution in [0.2, 0.25) is 0 Å². The van der Waals surface area contributed by atoms with Crippen LogP contribution in [-0.4, -0.2) is 57.4 Å². The zero-order valence-electron chi connectivity index (χ0n) is 14.9. The second-order valence-corrected chi connectivity index (χ2v) is 7.25. The van der Waals surface area contributed by atoms with Crippen molar-refractivity contribution in [1.29, 1.82) is 0 Å². The number of amides is 1. The minimum Gasteiger partial charge on any atom is -0.497 e. The maximum Gasteiger partial charge on any atom is 0.228 e. The average Bonchev–Trinajstić information content (AvgIpc) is 3.05. The molecule has 0 aliphatic carbocycles. The molecule has 2 aromatic rings. The summed E-state index contributed by atoms with van der Waals surface area (Å²) in [6.45, 7) is 7.29. The molecular formula is C18H26N3O3S+. The summed E-state index contributed by atoms with van der Waals surface area (Å²) in [6, 6.07) is 5.86. The van der Waals surface area contributed by atoms with Gasteiger partial charge in [0.05, 0.1) is 43.6 Å². The molecule has 1 fully saturated rings. The number of hydrogen-bond donors (Lipinski definition) is 1. The first-order valence-electron chi connectivity index (χ1n) is 8.87. The van der Waals surface area contributed by atoms with Gasteiger partial charge in [-0.2, -0.15) is 0 Å². The summed E-state index contributed by atoms with van der Waals surface area (Å²) >= 11 is 1.57. The Morgan fingerprint density at radius 1 is 1.40 bits per heavy atom. The third-order valence-corrected chi connectivity index (χ3v) is 5.53. The van der Waals surface area contributed by atoms with Crippen molar-refractivity contribution < 1.29 is 19.2 Å². The number of thiazole rings is 1. The second kappa shape index (κ2) is 8.60. The van der Waals surface area contributed by atoms with E-state index in [1.807, 2.05) is 30.0 Å². The van der Waals surface area contributed by atoms with Crippen molar-refractivity contribution in [3.63, 3.8) is 0 Å². The Labute approximate surface area is 152 Å². The summed E-state index contributed by atoms with van der Waals surface area (Å²) in [5.74, 6) is 0.940. The van der Waals surface area contributed by atoms with Gasteiger partial charge in [-0.25, -0.2) is 4.98 Å². The minimum absolute atomic E-state index is 0.154. The summed E-state index contributed by atoms with van der Waals surface area (Å²) < 4.78 is 11.8. The van der Waals surface area contributed by atoms with Crippen LogP contribution in [0, 0.1) is 0 Å². The summed E-state index contributed by atoms with van der Waals surface area (Å²) in [4.78, 5) is 20.7. The fourth-order valence-electron chi connectivity index (χ4n) is 2.99. The van der Waals surface area contributed by atoms with E-state index in [9.17, 15) is 4.79 Å². The number of hydrogen-bond acceptors (Lipinski definition) is 5. The largest absolute Gasteiger partial charge is 0.497 e. The fraction of sp³-hybridized carbons (Fsp3) is 0.556. The number of morpholine rings is 1. The third-order valence-electron chi connectivity index (χ3n) is 4.47. The summed E-state index contributed by atoms with van der Waals surface area (Å²) in [5, 5.41) is 0.786. The van der Waals surface area contributed by atoms with Crippen LogP contribution in [-0.2, 0) is 9.53 Å². The molecule has 0 radical (unpaired) electrons. The Bertz CT molecular complexity index is 713. The zero-order valence-corrected chi connectivity index (χ0v) is 15.7. The Balaban J connectivity index is 1.78. The third kappa shape index (κ3) is 4.48. The number of ether oxygens (including phenoxy) is 2. The number of anilines is 1. The summed E-state index contributed by atoms with van der Waals surface area (Å²) in [7, 11) is 1.65. The lowest BCUT2D eigenvalue weighted by atomic mass is 10.3. The van der Waals surface area contributed by atoms with Crippen molar-refractivity contribution in [2.75, 3.05) is 51.4 Å². The van der Waals surface area contributed by atoms with E-state index < -0.39 is 0 Å².